The maximum Gasteiger partial charge on any atom is 0.261 e. The normalized spacial score (nSPS) is 26.7. The van der Waals surface area contributed by atoms with Crippen LogP contribution in [0, 0.1) is 13.8 Å². The van der Waals surface area contributed by atoms with Crippen molar-refractivity contribution in [2.75, 3.05) is 0 Å². The SMILES string of the molecule is Cc1c(C(C)(C)C)sc2c1C1=C3C(=O)N4C(=C3C(=O)N1C(C)C2C)c1c(sc(C(C)(C)C)c1C)C(C)C4C. The van der Waals surface area contributed by atoms with Crippen molar-refractivity contribution >= 4 is 45.9 Å². The lowest BCUT2D eigenvalue weighted by Gasteiger charge is -2.40. The molecule has 0 aromatic carbocycles. The summed E-state index contributed by atoms with van der Waals surface area (Å²) in [7, 11) is 0. The first-order valence-electron chi connectivity index (χ1n) is 13.9. The largest absolute Gasteiger partial charge is 0.303 e. The molecule has 4 aliphatic rings. The fourth-order valence-electron chi connectivity index (χ4n) is 7.22. The van der Waals surface area contributed by atoms with Gasteiger partial charge in [-0.2, -0.15) is 0 Å². The second kappa shape index (κ2) is 7.72. The minimum absolute atomic E-state index is 0.00216. The summed E-state index contributed by atoms with van der Waals surface area (Å²) in [6.45, 7) is 26.7. The van der Waals surface area contributed by atoms with Crippen LogP contribution < -0.4 is 0 Å². The van der Waals surface area contributed by atoms with Crippen molar-refractivity contribution in [1.82, 2.24) is 9.80 Å². The summed E-state index contributed by atoms with van der Waals surface area (Å²) in [6, 6.07) is -0.00660. The molecule has 4 unspecified atom stereocenters. The van der Waals surface area contributed by atoms with Gasteiger partial charge in [0.1, 0.15) is 0 Å². The molecule has 202 valence electrons. The lowest BCUT2D eigenvalue weighted by atomic mass is 9.85. The van der Waals surface area contributed by atoms with E-state index in [1.165, 1.54) is 30.6 Å². The molecule has 4 atom stereocenters. The van der Waals surface area contributed by atoms with Gasteiger partial charge in [0.05, 0.1) is 22.5 Å². The number of hydrogen-bond acceptors (Lipinski definition) is 4. The van der Waals surface area contributed by atoms with Gasteiger partial charge in [-0.1, -0.05) is 55.4 Å². The van der Waals surface area contributed by atoms with Gasteiger partial charge in [0, 0.05) is 54.6 Å². The van der Waals surface area contributed by atoms with Crippen molar-refractivity contribution in [1.29, 1.82) is 0 Å². The Labute approximate surface area is 235 Å². The van der Waals surface area contributed by atoms with E-state index in [2.05, 4.69) is 83.1 Å². The van der Waals surface area contributed by atoms with Crippen LogP contribution >= 0.6 is 22.7 Å². The Bertz CT molecular complexity index is 1400. The predicted octanol–water partition coefficient (Wildman–Crippen LogP) is 7.84. The molecule has 2 aromatic heterocycles. The molecule has 0 saturated heterocycles. The number of fused-ring (bicyclic) bond motifs is 7. The summed E-state index contributed by atoms with van der Waals surface area (Å²) >= 11 is 3.76. The van der Waals surface area contributed by atoms with Crippen LogP contribution in [0.2, 0.25) is 0 Å². The van der Waals surface area contributed by atoms with Crippen molar-refractivity contribution in [2.45, 2.75) is 118 Å². The van der Waals surface area contributed by atoms with E-state index in [4.69, 9.17) is 0 Å². The highest BCUT2D eigenvalue weighted by molar-refractivity contribution is 7.13. The first-order valence-corrected chi connectivity index (χ1v) is 15.6. The lowest BCUT2D eigenvalue weighted by Crippen LogP contribution is -2.44. The van der Waals surface area contributed by atoms with Crippen molar-refractivity contribution in [3.05, 3.63) is 52.9 Å². The molecule has 6 rings (SSSR count). The number of nitrogens with zero attached hydrogens (tertiary/aromatic N) is 2. The van der Waals surface area contributed by atoms with Gasteiger partial charge in [-0.3, -0.25) is 9.59 Å². The highest BCUT2D eigenvalue weighted by Crippen LogP contribution is 2.59. The summed E-state index contributed by atoms with van der Waals surface area (Å²) < 4.78 is 0. The zero-order valence-corrected chi connectivity index (χ0v) is 26.5. The first-order chi connectivity index (χ1) is 17.5. The van der Waals surface area contributed by atoms with Crippen LogP contribution in [-0.2, 0) is 20.4 Å². The number of thiophene rings is 2. The highest BCUT2D eigenvalue weighted by atomic mass is 32.1. The summed E-state index contributed by atoms with van der Waals surface area (Å²) in [5, 5.41) is 0. The number of amides is 2. The van der Waals surface area contributed by atoms with E-state index in [0.717, 1.165) is 22.5 Å². The highest BCUT2D eigenvalue weighted by Gasteiger charge is 2.57. The molecule has 2 aromatic rings. The molecule has 0 N–H and O–H groups in total. The molecule has 0 spiro atoms. The molecular formula is C32H40N2O2S2. The fourth-order valence-corrected chi connectivity index (χ4v) is 10.3. The molecule has 6 heterocycles. The van der Waals surface area contributed by atoms with Crippen LogP contribution in [0.5, 0.6) is 0 Å². The van der Waals surface area contributed by atoms with E-state index < -0.39 is 0 Å². The Balaban J connectivity index is 1.71. The molecule has 38 heavy (non-hydrogen) atoms. The van der Waals surface area contributed by atoms with Crippen molar-refractivity contribution in [3.63, 3.8) is 0 Å². The van der Waals surface area contributed by atoms with Crippen LogP contribution in [0.4, 0.5) is 0 Å². The van der Waals surface area contributed by atoms with Crippen LogP contribution in [-0.4, -0.2) is 33.7 Å². The molecule has 0 bridgehead atoms. The number of rotatable bonds is 0. The van der Waals surface area contributed by atoms with Crippen LogP contribution in [0.25, 0.3) is 11.4 Å². The fraction of sp³-hybridized carbons (Fsp3) is 0.562. The maximum absolute atomic E-state index is 14.5. The van der Waals surface area contributed by atoms with E-state index >= 15 is 0 Å². The second-order valence-electron chi connectivity index (χ2n) is 13.9. The Hall–Kier alpha value is -2.18. The second-order valence-corrected chi connectivity index (χ2v) is 16.1. The molecule has 4 aliphatic heterocycles. The molecule has 6 heteroatoms. The third kappa shape index (κ3) is 3.02. The van der Waals surface area contributed by atoms with Crippen LogP contribution in [0.15, 0.2) is 11.1 Å². The minimum atomic E-state index is -0.00330. The minimum Gasteiger partial charge on any atom is -0.303 e. The van der Waals surface area contributed by atoms with Gasteiger partial charge in [0.2, 0.25) is 0 Å². The summed E-state index contributed by atoms with van der Waals surface area (Å²) in [6.07, 6.45) is 0. The van der Waals surface area contributed by atoms with E-state index in [9.17, 15) is 9.59 Å². The molecule has 0 saturated carbocycles. The summed E-state index contributed by atoms with van der Waals surface area (Å²) in [5.74, 6) is 0.434. The summed E-state index contributed by atoms with van der Waals surface area (Å²) in [4.78, 5) is 38.2. The monoisotopic (exact) mass is 548 g/mol. The smallest absolute Gasteiger partial charge is 0.261 e. The summed E-state index contributed by atoms with van der Waals surface area (Å²) in [5.41, 5.74) is 7.74. The lowest BCUT2D eigenvalue weighted by molar-refractivity contribution is -0.125. The molecule has 0 aliphatic carbocycles. The van der Waals surface area contributed by atoms with Gasteiger partial charge >= 0.3 is 0 Å². The zero-order valence-electron chi connectivity index (χ0n) is 24.8. The average Bonchev–Trinajstić information content (AvgIpc) is 3.50. The van der Waals surface area contributed by atoms with Gasteiger partial charge in [-0.25, -0.2) is 0 Å². The predicted molar refractivity (Wildman–Crippen MR) is 159 cm³/mol. The van der Waals surface area contributed by atoms with E-state index in [1.807, 2.05) is 32.5 Å². The van der Waals surface area contributed by atoms with Gasteiger partial charge in [-0.15, -0.1) is 22.7 Å². The maximum atomic E-state index is 14.5. The number of carbonyl (C=O) groups excluding carboxylic acids is 2. The molecule has 0 radical (unpaired) electrons. The number of hydrogen-bond donors (Lipinski definition) is 0. The Morgan fingerprint density at radius 1 is 0.605 bits per heavy atom. The van der Waals surface area contributed by atoms with Gasteiger partial charge < -0.3 is 9.80 Å². The molecule has 2 amide bonds. The van der Waals surface area contributed by atoms with Gasteiger partial charge in [-0.05, 0) is 49.7 Å². The topological polar surface area (TPSA) is 40.6 Å². The Kier molecular flexibility index (Phi) is 5.30. The first kappa shape index (κ1) is 26.1. The van der Waals surface area contributed by atoms with Crippen LogP contribution in [0.3, 0.4) is 0 Å². The van der Waals surface area contributed by atoms with E-state index in [1.54, 1.807) is 0 Å². The third-order valence-electron chi connectivity index (χ3n) is 9.34. The van der Waals surface area contributed by atoms with Gasteiger partial charge in [0.15, 0.2) is 0 Å². The van der Waals surface area contributed by atoms with Crippen LogP contribution in [0.1, 0.15) is 123 Å². The quantitative estimate of drug-likeness (QED) is 0.336. The third-order valence-corrected chi connectivity index (χ3v) is 13.2. The van der Waals surface area contributed by atoms with Gasteiger partial charge in [0.25, 0.3) is 11.8 Å². The molecule has 0 fully saturated rings. The van der Waals surface area contributed by atoms with Crippen molar-refractivity contribution in [2.24, 2.45) is 0 Å². The standard InChI is InChI=1S/C32H40N2O2S2/c1-13-17(5)33-23(19-15(3)27(31(7,8)9)37-25(13)19)21-22(29(33)35)24-20-16(4)28(32(10,11)12)38-26(20)14(2)18(6)34(24)30(21)36/h13-14,17-18H,1-12H3. The molecular weight excluding hydrogens is 508 g/mol. The zero-order chi connectivity index (χ0) is 28.0. The van der Waals surface area contributed by atoms with E-state index in [0.29, 0.717) is 11.1 Å². The average molecular weight is 549 g/mol. The number of carbonyl (C=O) groups is 2. The Morgan fingerprint density at radius 3 is 1.21 bits per heavy atom. The Morgan fingerprint density at radius 2 is 0.921 bits per heavy atom. The van der Waals surface area contributed by atoms with Crippen molar-refractivity contribution < 1.29 is 9.59 Å². The molecule has 4 nitrogen and oxygen atoms in total. The van der Waals surface area contributed by atoms with Crippen molar-refractivity contribution in [3.8, 4) is 0 Å². The van der Waals surface area contributed by atoms with E-state index in [-0.39, 0.29) is 46.6 Å².